The number of rotatable bonds is 8. The Morgan fingerprint density at radius 2 is 1.76 bits per heavy atom. The van der Waals surface area contributed by atoms with E-state index in [9.17, 15) is 8.42 Å². The Bertz CT molecular complexity index is 1340. The van der Waals surface area contributed by atoms with Crippen molar-refractivity contribution in [2.75, 3.05) is 18.5 Å². The van der Waals surface area contributed by atoms with Crippen LogP contribution in [-0.2, 0) is 16.6 Å². The smallest absolute Gasteiger partial charge is 0.274 e. The zero-order valence-corrected chi connectivity index (χ0v) is 20.4. The van der Waals surface area contributed by atoms with Crippen LogP contribution in [-0.4, -0.2) is 27.6 Å². The molecule has 0 aliphatic heterocycles. The first-order chi connectivity index (χ1) is 15.8. The fourth-order valence-electron chi connectivity index (χ4n) is 3.43. The number of thiophene rings is 1. The van der Waals surface area contributed by atoms with E-state index < -0.39 is 10.0 Å². The average Bonchev–Trinajstić information content (AvgIpc) is 3.48. The van der Waals surface area contributed by atoms with Gasteiger partial charge in [-0.25, -0.2) is 13.4 Å². The summed E-state index contributed by atoms with van der Waals surface area (Å²) in [6, 6.07) is 16.1. The number of anilines is 1. The maximum Gasteiger partial charge on any atom is 0.274 e. The lowest BCUT2D eigenvalue weighted by molar-refractivity contribution is 0.355. The summed E-state index contributed by atoms with van der Waals surface area (Å²) in [5, 5.41) is 1.74. The molecule has 0 fully saturated rings. The second-order valence-electron chi connectivity index (χ2n) is 7.34. The number of hydrogen-bond acceptors (Lipinski definition) is 7. The second-order valence-corrected chi connectivity index (χ2v) is 10.4. The molecule has 0 amide bonds. The lowest BCUT2D eigenvalue weighted by atomic mass is 10.2. The van der Waals surface area contributed by atoms with Gasteiger partial charge in [-0.3, -0.25) is 4.31 Å². The van der Waals surface area contributed by atoms with Crippen molar-refractivity contribution in [3.8, 4) is 23.0 Å². The number of hydrogen-bond donors (Lipinski definition) is 0. The molecule has 2 aromatic carbocycles. The average molecular weight is 485 g/mol. The van der Waals surface area contributed by atoms with Crippen LogP contribution in [0, 0.1) is 13.8 Å². The summed E-state index contributed by atoms with van der Waals surface area (Å²) in [4.78, 5) is 4.64. The van der Waals surface area contributed by atoms with Crippen molar-refractivity contribution in [3.63, 3.8) is 0 Å². The van der Waals surface area contributed by atoms with Gasteiger partial charge in [0, 0.05) is 0 Å². The molecule has 0 saturated heterocycles. The van der Waals surface area contributed by atoms with Gasteiger partial charge in [-0.15, -0.1) is 11.3 Å². The van der Waals surface area contributed by atoms with Crippen LogP contribution in [0.4, 0.5) is 5.69 Å². The molecule has 9 heteroatoms. The molecule has 0 aliphatic rings. The molecule has 4 rings (SSSR count). The van der Waals surface area contributed by atoms with E-state index in [-0.39, 0.29) is 10.8 Å². The van der Waals surface area contributed by atoms with Gasteiger partial charge in [0.15, 0.2) is 11.5 Å². The molecule has 0 aliphatic carbocycles. The van der Waals surface area contributed by atoms with Crippen LogP contribution < -0.4 is 13.8 Å². The first-order valence-corrected chi connectivity index (χ1v) is 12.5. The van der Waals surface area contributed by atoms with E-state index in [1.165, 1.54) is 15.6 Å². The summed E-state index contributed by atoms with van der Waals surface area (Å²) in [5.74, 6) is 1.90. The first-order valence-electron chi connectivity index (χ1n) is 10.2. The lowest BCUT2D eigenvalue weighted by Gasteiger charge is -2.23. The van der Waals surface area contributed by atoms with E-state index in [2.05, 4.69) is 4.98 Å². The standard InChI is InChI=1S/C24H24N2O5S2/c1-16-10-12-18(13-11-16)26(33(27,28)22-9-6-14-32-22)15-20-17(2)31-24(25-20)19-7-5-8-21(29-3)23(19)30-4/h5-14H,15H2,1-4H3. The molecular formula is C24H24N2O5S2. The number of aryl methyl sites for hydroxylation is 2. The molecule has 2 aromatic heterocycles. The summed E-state index contributed by atoms with van der Waals surface area (Å²) in [6.07, 6.45) is 0. The van der Waals surface area contributed by atoms with Gasteiger partial charge in [0.05, 0.1) is 32.0 Å². The minimum Gasteiger partial charge on any atom is -0.493 e. The topological polar surface area (TPSA) is 81.9 Å². The van der Waals surface area contributed by atoms with Crippen LogP contribution in [0.15, 0.2) is 68.6 Å². The van der Waals surface area contributed by atoms with Crippen LogP contribution in [0.25, 0.3) is 11.5 Å². The van der Waals surface area contributed by atoms with Gasteiger partial charge >= 0.3 is 0 Å². The third kappa shape index (κ3) is 4.46. The molecule has 0 saturated carbocycles. The summed E-state index contributed by atoms with van der Waals surface area (Å²) in [5.41, 5.74) is 2.72. The van der Waals surface area contributed by atoms with Gasteiger partial charge in [-0.1, -0.05) is 29.8 Å². The molecular weight excluding hydrogens is 460 g/mol. The summed E-state index contributed by atoms with van der Waals surface area (Å²) >= 11 is 1.18. The zero-order valence-electron chi connectivity index (χ0n) is 18.7. The Kier molecular flexibility index (Phi) is 6.44. The summed E-state index contributed by atoms with van der Waals surface area (Å²) < 4.78 is 45.4. The van der Waals surface area contributed by atoms with Gasteiger partial charge in [-0.2, -0.15) is 0 Å². The van der Waals surface area contributed by atoms with Crippen molar-refractivity contribution in [2.45, 2.75) is 24.6 Å². The Morgan fingerprint density at radius 1 is 1.00 bits per heavy atom. The van der Waals surface area contributed by atoms with Gasteiger partial charge in [0.2, 0.25) is 5.89 Å². The summed E-state index contributed by atoms with van der Waals surface area (Å²) in [6.45, 7) is 3.74. The van der Waals surface area contributed by atoms with Crippen molar-refractivity contribution >= 4 is 27.0 Å². The predicted octanol–water partition coefficient (Wildman–Crippen LogP) is 5.43. The van der Waals surface area contributed by atoms with Gasteiger partial charge in [0.1, 0.15) is 15.7 Å². The molecule has 0 N–H and O–H groups in total. The van der Waals surface area contributed by atoms with Gasteiger partial charge in [-0.05, 0) is 49.6 Å². The van der Waals surface area contributed by atoms with E-state index in [0.717, 1.165) is 5.56 Å². The molecule has 7 nitrogen and oxygen atoms in total. The van der Waals surface area contributed by atoms with Crippen molar-refractivity contribution in [3.05, 3.63) is 77.0 Å². The number of sulfonamides is 1. The third-order valence-electron chi connectivity index (χ3n) is 5.18. The SMILES string of the molecule is COc1cccc(-c2nc(CN(c3ccc(C)cc3)S(=O)(=O)c3cccs3)c(C)o2)c1OC. The number of benzene rings is 2. The van der Waals surface area contributed by atoms with Crippen molar-refractivity contribution in [1.29, 1.82) is 0 Å². The van der Waals surface area contributed by atoms with E-state index in [1.54, 1.807) is 56.9 Å². The molecule has 0 atom stereocenters. The number of methoxy groups -OCH3 is 2. The van der Waals surface area contributed by atoms with Crippen molar-refractivity contribution < 1.29 is 22.3 Å². The fourth-order valence-corrected chi connectivity index (χ4v) is 5.96. The normalized spacial score (nSPS) is 11.4. The highest BCUT2D eigenvalue weighted by atomic mass is 32.2. The Labute approximate surface area is 197 Å². The zero-order chi connectivity index (χ0) is 23.6. The minimum atomic E-state index is -3.79. The van der Waals surface area contributed by atoms with E-state index in [4.69, 9.17) is 13.9 Å². The number of aromatic nitrogens is 1. The highest BCUT2D eigenvalue weighted by Gasteiger charge is 2.28. The van der Waals surface area contributed by atoms with E-state index in [1.807, 2.05) is 31.2 Å². The first kappa shape index (κ1) is 22.9. The molecule has 2 heterocycles. The third-order valence-corrected chi connectivity index (χ3v) is 8.33. The quantitative estimate of drug-likeness (QED) is 0.332. The minimum absolute atomic E-state index is 0.0188. The van der Waals surface area contributed by atoms with Crippen molar-refractivity contribution in [2.24, 2.45) is 0 Å². The van der Waals surface area contributed by atoms with Gasteiger partial charge in [0.25, 0.3) is 10.0 Å². The number of nitrogens with zero attached hydrogens (tertiary/aromatic N) is 2. The van der Waals surface area contributed by atoms with Crippen LogP contribution >= 0.6 is 11.3 Å². The number of oxazole rings is 1. The van der Waals surface area contributed by atoms with E-state index >= 15 is 0 Å². The molecule has 33 heavy (non-hydrogen) atoms. The molecule has 0 bridgehead atoms. The van der Waals surface area contributed by atoms with Crippen LogP contribution in [0.3, 0.4) is 0 Å². The Morgan fingerprint density at radius 3 is 2.39 bits per heavy atom. The maximum atomic E-state index is 13.5. The molecule has 0 radical (unpaired) electrons. The van der Waals surface area contributed by atoms with Crippen LogP contribution in [0.5, 0.6) is 11.5 Å². The summed E-state index contributed by atoms with van der Waals surface area (Å²) in [7, 11) is -0.687. The predicted molar refractivity (Wildman–Crippen MR) is 129 cm³/mol. The lowest BCUT2D eigenvalue weighted by Crippen LogP contribution is -2.30. The monoisotopic (exact) mass is 484 g/mol. The van der Waals surface area contributed by atoms with Gasteiger partial charge < -0.3 is 13.9 Å². The number of ether oxygens (including phenoxy) is 2. The number of para-hydroxylation sites is 1. The maximum absolute atomic E-state index is 13.5. The van der Waals surface area contributed by atoms with E-state index in [0.29, 0.717) is 40.1 Å². The highest BCUT2D eigenvalue weighted by molar-refractivity contribution is 7.94. The molecule has 172 valence electrons. The van der Waals surface area contributed by atoms with Crippen molar-refractivity contribution in [1.82, 2.24) is 4.98 Å². The molecule has 4 aromatic rings. The van der Waals surface area contributed by atoms with Crippen LogP contribution in [0.1, 0.15) is 17.0 Å². The molecule has 0 spiro atoms. The molecule has 0 unspecified atom stereocenters. The Hall–Kier alpha value is -3.30. The second kappa shape index (κ2) is 9.29. The largest absolute Gasteiger partial charge is 0.493 e. The fraction of sp³-hybridized carbons (Fsp3) is 0.208. The Balaban J connectivity index is 1.77. The van der Waals surface area contributed by atoms with Crippen LogP contribution in [0.2, 0.25) is 0 Å². The highest BCUT2D eigenvalue weighted by Crippen LogP contribution is 2.38.